The number of nitrogens with one attached hydrogen (secondary N) is 1. The Labute approximate surface area is 121 Å². The molecule has 1 aromatic carbocycles. The van der Waals surface area contributed by atoms with Gasteiger partial charge in [0.2, 0.25) is 0 Å². The minimum atomic E-state index is -0.472. The van der Waals surface area contributed by atoms with Crippen LogP contribution >= 0.6 is 12.2 Å². The number of carbonyl (C=O) groups excluding carboxylic acids is 1. The molecule has 1 amide bonds. The van der Waals surface area contributed by atoms with Crippen LogP contribution in [0.5, 0.6) is 0 Å². The van der Waals surface area contributed by atoms with Crippen LogP contribution in [-0.4, -0.2) is 34.0 Å². The second-order valence-corrected chi connectivity index (χ2v) is 5.13. The van der Waals surface area contributed by atoms with Gasteiger partial charge < -0.3 is 15.3 Å². The number of benzene rings is 1. The van der Waals surface area contributed by atoms with E-state index in [-0.39, 0.29) is 34.0 Å². The number of hydrogen-bond donors (Lipinski definition) is 2. The highest BCUT2D eigenvalue weighted by molar-refractivity contribution is 7.81. The SMILES string of the molecule is CC1CC(O)=C(C(=S)Nc2ccccc2F)C(=O)N1C. The standard InChI is InChI=1S/C14H15FN2O2S/c1-8-7-11(18)12(14(19)17(8)2)13(20)16-10-6-4-3-5-9(10)15/h3-6,8,18H,7H2,1-2H3,(H,16,20). The van der Waals surface area contributed by atoms with Crippen molar-refractivity contribution < 1.29 is 14.3 Å². The fraction of sp³-hybridized carbons (Fsp3) is 0.286. The van der Waals surface area contributed by atoms with E-state index in [0.29, 0.717) is 6.42 Å². The third-order valence-electron chi connectivity index (χ3n) is 3.32. The molecule has 1 unspecified atom stereocenters. The average molecular weight is 294 g/mol. The number of rotatable bonds is 2. The number of para-hydroxylation sites is 1. The van der Waals surface area contributed by atoms with Crippen LogP contribution in [0.15, 0.2) is 35.6 Å². The molecule has 4 nitrogen and oxygen atoms in total. The quantitative estimate of drug-likeness (QED) is 0.823. The summed E-state index contributed by atoms with van der Waals surface area (Å²) >= 11 is 5.12. The summed E-state index contributed by atoms with van der Waals surface area (Å²) in [5, 5.41) is 12.6. The van der Waals surface area contributed by atoms with Crippen molar-refractivity contribution in [2.24, 2.45) is 0 Å². The Bertz CT molecular complexity index is 601. The van der Waals surface area contributed by atoms with E-state index >= 15 is 0 Å². The molecule has 0 aliphatic carbocycles. The fourth-order valence-corrected chi connectivity index (χ4v) is 2.31. The normalized spacial score (nSPS) is 19.2. The third kappa shape index (κ3) is 2.65. The monoisotopic (exact) mass is 294 g/mol. The lowest BCUT2D eigenvalue weighted by atomic mass is 10.0. The van der Waals surface area contributed by atoms with Crippen molar-refractivity contribution in [3.8, 4) is 0 Å². The first-order valence-corrected chi connectivity index (χ1v) is 6.57. The summed E-state index contributed by atoms with van der Waals surface area (Å²) in [6.45, 7) is 1.83. The molecule has 0 aromatic heterocycles. The van der Waals surface area contributed by atoms with Crippen molar-refractivity contribution in [1.82, 2.24) is 4.90 Å². The highest BCUT2D eigenvalue weighted by Crippen LogP contribution is 2.24. The molecule has 1 aromatic rings. The predicted molar refractivity (Wildman–Crippen MR) is 79.1 cm³/mol. The lowest BCUT2D eigenvalue weighted by Gasteiger charge is -2.31. The van der Waals surface area contributed by atoms with Crippen LogP contribution in [0, 0.1) is 5.82 Å². The van der Waals surface area contributed by atoms with Gasteiger partial charge in [-0.05, 0) is 19.1 Å². The Morgan fingerprint density at radius 2 is 2.15 bits per heavy atom. The third-order valence-corrected chi connectivity index (χ3v) is 3.63. The number of aliphatic hydroxyl groups is 1. The van der Waals surface area contributed by atoms with Gasteiger partial charge >= 0.3 is 0 Å². The fourth-order valence-electron chi connectivity index (χ4n) is 1.99. The van der Waals surface area contributed by atoms with E-state index in [0.717, 1.165) is 0 Å². The molecular weight excluding hydrogens is 279 g/mol. The van der Waals surface area contributed by atoms with Crippen molar-refractivity contribution in [2.45, 2.75) is 19.4 Å². The molecule has 6 heteroatoms. The predicted octanol–water partition coefficient (Wildman–Crippen LogP) is 2.63. The molecule has 20 heavy (non-hydrogen) atoms. The Kier molecular flexibility index (Phi) is 4.04. The summed E-state index contributed by atoms with van der Waals surface area (Å²) in [7, 11) is 1.64. The molecule has 1 heterocycles. The number of amides is 1. The van der Waals surface area contributed by atoms with E-state index < -0.39 is 5.82 Å². The van der Waals surface area contributed by atoms with Crippen molar-refractivity contribution in [1.29, 1.82) is 0 Å². The summed E-state index contributed by atoms with van der Waals surface area (Å²) in [4.78, 5) is 13.7. The van der Waals surface area contributed by atoms with Gasteiger partial charge in [0.15, 0.2) is 0 Å². The van der Waals surface area contributed by atoms with Gasteiger partial charge in [-0.15, -0.1) is 0 Å². The molecule has 0 radical (unpaired) electrons. The first-order valence-electron chi connectivity index (χ1n) is 6.17. The molecule has 0 spiro atoms. The maximum Gasteiger partial charge on any atom is 0.260 e. The van der Waals surface area contributed by atoms with E-state index in [1.54, 1.807) is 19.2 Å². The van der Waals surface area contributed by atoms with E-state index in [1.807, 2.05) is 6.92 Å². The Morgan fingerprint density at radius 1 is 1.50 bits per heavy atom. The number of anilines is 1. The summed E-state index contributed by atoms with van der Waals surface area (Å²) in [6.07, 6.45) is 0.330. The summed E-state index contributed by atoms with van der Waals surface area (Å²) in [5.41, 5.74) is 0.204. The zero-order valence-electron chi connectivity index (χ0n) is 11.2. The second-order valence-electron chi connectivity index (χ2n) is 4.72. The van der Waals surface area contributed by atoms with E-state index in [1.165, 1.54) is 17.0 Å². The molecule has 1 aliphatic heterocycles. The minimum absolute atomic E-state index is 0.0244. The number of nitrogens with zero attached hydrogens (tertiary/aromatic N) is 1. The topological polar surface area (TPSA) is 52.6 Å². The number of aliphatic hydroxyl groups excluding tert-OH is 1. The molecule has 2 N–H and O–H groups in total. The van der Waals surface area contributed by atoms with Crippen LogP contribution in [0.25, 0.3) is 0 Å². The van der Waals surface area contributed by atoms with Gasteiger partial charge in [0.05, 0.1) is 5.69 Å². The van der Waals surface area contributed by atoms with Crippen molar-refractivity contribution in [3.05, 3.63) is 41.4 Å². The highest BCUT2D eigenvalue weighted by atomic mass is 32.1. The van der Waals surface area contributed by atoms with Gasteiger partial charge in [-0.3, -0.25) is 4.79 Å². The second kappa shape index (κ2) is 5.58. The van der Waals surface area contributed by atoms with Gasteiger partial charge in [0.25, 0.3) is 5.91 Å². The van der Waals surface area contributed by atoms with Crippen LogP contribution in [0.4, 0.5) is 10.1 Å². The number of thiocarbonyl (C=S) groups is 1. The summed E-state index contributed by atoms with van der Waals surface area (Å²) in [6, 6.07) is 5.91. The van der Waals surface area contributed by atoms with Gasteiger partial charge in [-0.2, -0.15) is 0 Å². The average Bonchev–Trinajstić information content (AvgIpc) is 2.39. The van der Waals surface area contributed by atoms with Gasteiger partial charge in [-0.25, -0.2) is 4.39 Å². The van der Waals surface area contributed by atoms with Gasteiger partial charge in [-0.1, -0.05) is 24.4 Å². The summed E-state index contributed by atoms with van der Waals surface area (Å²) < 4.78 is 13.6. The van der Waals surface area contributed by atoms with E-state index in [2.05, 4.69) is 5.32 Å². The number of likely N-dealkylation sites (N-methyl/N-ethyl adjacent to an activating group) is 1. The first kappa shape index (κ1) is 14.5. The minimum Gasteiger partial charge on any atom is -0.511 e. The van der Waals surface area contributed by atoms with Crippen LogP contribution in [0.1, 0.15) is 13.3 Å². The van der Waals surface area contributed by atoms with Crippen molar-refractivity contribution in [2.75, 3.05) is 12.4 Å². The van der Waals surface area contributed by atoms with Crippen molar-refractivity contribution >= 4 is 28.8 Å². The Morgan fingerprint density at radius 3 is 2.80 bits per heavy atom. The van der Waals surface area contributed by atoms with E-state index in [9.17, 15) is 14.3 Å². The first-order chi connectivity index (χ1) is 9.41. The highest BCUT2D eigenvalue weighted by Gasteiger charge is 2.32. The molecule has 0 saturated heterocycles. The van der Waals surface area contributed by atoms with Gasteiger partial charge in [0, 0.05) is 19.5 Å². The molecule has 0 saturated carbocycles. The zero-order chi connectivity index (χ0) is 14.9. The van der Waals surface area contributed by atoms with Crippen LogP contribution in [-0.2, 0) is 4.79 Å². The van der Waals surface area contributed by atoms with E-state index in [4.69, 9.17) is 12.2 Å². The molecule has 0 bridgehead atoms. The molecule has 106 valence electrons. The smallest absolute Gasteiger partial charge is 0.260 e. The maximum atomic E-state index is 13.6. The summed E-state index contributed by atoms with van der Waals surface area (Å²) in [5.74, 6) is -0.899. The molecule has 1 atom stereocenters. The Balaban J connectivity index is 2.27. The zero-order valence-corrected chi connectivity index (χ0v) is 12.0. The molecular formula is C14H15FN2O2S. The van der Waals surface area contributed by atoms with Crippen LogP contribution in [0.2, 0.25) is 0 Å². The number of hydrogen-bond acceptors (Lipinski definition) is 3. The number of halogens is 1. The molecule has 0 fully saturated rings. The lowest BCUT2D eigenvalue weighted by molar-refractivity contribution is -0.128. The molecule has 1 aliphatic rings. The van der Waals surface area contributed by atoms with Crippen LogP contribution < -0.4 is 5.32 Å². The Hall–Kier alpha value is -1.95. The maximum absolute atomic E-state index is 13.6. The lowest BCUT2D eigenvalue weighted by Crippen LogP contribution is -2.43. The molecule has 2 rings (SSSR count). The van der Waals surface area contributed by atoms with Crippen LogP contribution in [0.3, 0.4) is 0 Å². The van der Waals surface area contributed by atoms with Crippen molar-refractivity contribution in [3.63, 3.8) is 0 Å². The van der Waals surface area contributed by atoms with Gasteiger partial charge in [0.1, 0.15) is 22.1 Å². The number of carbonyl (C=O) groups is 1. The largest absolute Gasteiger partial charge is 0.511 e.